The van der Waals surface area contributed by atoms with Gasteiger partial charge in [-0.3, -0.25) is 4.72 Å². The van der Waals surface area contributed by atoms with E-state index in [-0.39, 0.29) is 17.8 Å². The number of alkyl halides is 2. The minimum absolute atomic E-state index is 0.0449. The Morgan fingerprint density at radius 3 is 2.35 bits per heavy atom. The number of aryl methyl sites for hydroxylation is 1. The second kappa shape index (κ2) is 12.5. The highest BCUT2D eigenvalue weighted by Gasteiger charge is 2.27. The van der Waals surface area contributed by atoms with Crippen molar-refractivity contribution in [1.29, 1.82) is 0 Å². The topological polar surface area (TPSA) is 135 Å². The van der Waals surface area contributed by atoms with E-state index in [0.717, 1.165) is 37.3 Å². The summed E-state index contributed by atoms with van der Waals surface area (Å²) in [5.41, 5.74) is 1.84. The van der Waals surface area contributed by atoms with Crippen LogP contribution in [0.15, 0.2) is 30.5 Å². The molecule has 0 bridgehead atoms. The van der Waals surface area contributed by atoms with Crippen LogP contribution in [0, 0.1) is 12.7 Å². The summed E-state index contributed by atoms with van der Waals surface area (Å²) in [4.78, 5) is 25.7. The third-order valence-corrected chi connectivity index (χ3v) is 8.13. The molecule has 1 fully saturated rings. The molecule has 0 aliphatic heterocycles. The van der Waals surface area contributed by atoms with Gasteiger partial charge in [-0.1, -0.05) is 6.07 Å². The quantitative estimate of drug-likeness (QED) is 0.258. The molecule has 2 heterocycles. The maximum atomic E-state index is 14.8. The van der Waals surface area contributed by atoms with Gasteiger partial charge in [-0.25, -0.2) is 41.3 Å². The number of alkyl carbamates (subject to hydrolysis) is 1. The Bertz CT molecular complexity index is 1580. The zero-order valence-electron chi connectivity index (χ0n) is 24.8. The molecule has 10 nitrogen and oxygen atoms in total. The first-order chi connectivity index (χ1) is 20.0. The van der Waals surface area contributed by atoms with Crippen LogP contribution >= 0.6 is 0 Å². The summed E-state index contributed by atoms with van der Waals surface area (Å²) in [6.45, 7) is 7.95. The smallest absolute Gasteiger partial charge is 0.407 e. The third-order valence-electron chi connectivity index (χ3n) is 6.86. The van der Waals surface area contributed by atoms with Gasteiger partial charge in [0.15, 0.2) is 0 Å². The molecule has 0 atom stereocenters. The van der Waals surface area contributed by atoms with Gasteiger partial charge in [-0.2, -0.15) is 0 Å². The van der Waals surface area contributed by atoms with Gasteiger partial charge in [-0.05, 0) is 84.1 Å². The third kappa shape index (κ3) is 9.40. The van der Waals surface area contributed by atoms with Crippen LogP contribution in [0.5, 0.6) is 0 Å². The van der Waals surface area contributed by atoms with Crippen molar-refractivity contribution in [2.75, 3.05) is 15.8 Å². The fourth-order valence-corrected chi connectivity index (χ4v) is 5.96. The molecule has 3 aromatic rings. The highest BCUT2D eigenvalue weighted by atomic mass is 32.2. The van der Waals surface area contributed by atoms with Crippen LogP contribution in [0.2, 0.25) is 0 Å². The van der Waals surface area contributed by atoms with E-state index in [2.05, 4.69) is 25.6 Å². The summed E-state index contributed by atoms with van der Waals surface area (Å²) in [7, 11) is -4.16. The molecule has 1 saturated carbocycles. The lowest BCUT2D eigenvalue weighted by atomic mass is 9.91. The van der Waals surface area contributed by atoms with E-state index < -0.39 is 45.6 Å². The van der Waals surface area contributed by atoms with Gasteiger partial charge in [0.25, 0.3) is 0 Å². The molecule has 43 heavy (non-hydrogen) atoms. The minimum Gasteiger partial charge on any atom is -0.444 e. The zero-order valence-corrected chi connectivity index (χ0v) is 25.6. The fraction of sp³-hybridized carbons (Fsp3) is 0.517. The number of fused-ring (bicyclic) bond motifs is 1. The first-order valence-electron chi connectivity index (χ1n) is 14.0. The Hall–Kier alpha value is -3.68. The standard InChI is InChI=1S/C29H37F3N6O4S/c1-17-14-23(18-6-11-22(21(30)15-18)38-43(40,41)13-12-29(5,31)32)36-24-16-33-26(37-25(17)24)34-19-7-9-20(10-8-19)35-27(39)42-28(2,3)4/h6,11,14-16,19-20,38H,7-10,12-13H2,1-5H3,(H,35,39)(H,33,34,37)/t19-,20-. The van der Waals surface area contributed by atoms with Gasteiger partial charge in [-0.15, -0.1) is 0 Å². The second-order valence-corrected chi connectivity index (χ2v) is 13.9. The summed E-state index contributed by atoms with van der Waals surface area (Å²) >= 11 is 0. The Kier molecular flexibility index (Phi) is 9.38. The minimum atomic E-state index is -4.16. The molecule has 4 rings (SSSR count). The molecule has 0 unspecified atom stereocenters. The van der Waals surface area contributed by atoms with Crippen molar-refractivity contribution in [1.82, 2.24) is 20.3 Å². The number of pyridine rings is 1. The second-order valence-electron chi connectivity index (χ2n) is 12.0. The van der Waals surface area contributed by atoms with E-state index in [9.17, 15) is 26.4 Å². The van der Waals surface area contributed by atoms with Crippen LogP contribution in [0.4, 0.5) is 29.6 Å². The maximum absolute atomic E-state index is 14.8. The molecule has 3 N–H and O–H groups in total. The molecule has 1 aliphatic carbocycles. The zero-order chi connectivity index (χ0) is 31.6. The van der Waals surface area contributed by atoms with Crippen molar-refractivity contribution < 1.29 is 31.1 Å². The van der Waals surface area contributed by atoms with Crippen molar-refractivity contribution in [3.8, 4) is 11.3 Å². The first kappa shape index (κ1) is 32.2. The molecule has 0 radical (unpaired) electrons. The highest BCUT2D eigenvalue weighted by molar-refractivity contribution is 7.92. The Morgan fingerprint density at radius 1 is 1.05 bits per heavy atom. The Labute approximate surface area is 249 Å². The number of nitrogens with one attached hydrogen (secondary N) is 3. The molecule has 1 amide bonds. The lowest BCUT2D eigenvalue weighted by Crippen LogP contribution is -2.42. The van der Waals surface area contributed by atoms with Gasteiger partial charge in [0.2, 0.25) is 21.9 Å². The van der Waals surface area contributed by atoms with Crippen molar-refractivity contribution in [2.45, 2.75) is 90.3 Å². The number of rotatable bonds is 9. The number of ether oxygens (including phenoxy) is 1. The molecule has 0 spiro atoms. The number of halogens is 3. The van der Waals surface area contributed by atoms with Crippen LogP contribution in [0.25, 0.3) is 22.3 Å². The predicted octanol–water partition coefficient (Wildman–Crippen LogP) is 6.17. The van der Waals surface area contributed by atoms with E-state index >= 15 is 0 Å². The largest absolute Gasteiger partial charge is 0.444 e. The van der Waals surface area contributed by atoms with Crippen LogP contribution in [0.3, 0.4) is 0 Å². The van der Waals surface area contributed by atoms with Gasteiger partial charge >= 0.3 is 6.09 Å². The highest BCUT2D eigenvalue weighted by Crippen LogP contribution is 2.28. The van der Waals surface area contributed by atoms with E-state index in [1.165, 1.54) is 12.1 Å². The van der Waals surface area contributed by atoms with Gasteiger partial charge in [0.05, 0.1) is 28.8 Å². The fourth-order valence-electron chi connectivity index (χ4n) is 4.73. The number of nitrogens with zero attached hydrogens (tertiary/aromatic N) is 3. The summed E-state index contributed by atoms with van der Waals surface area (Å²) in [5.74, 6) is -4.40. The van der Waals surface area contributed by atoms with Crippen LogP contribution in [-0.4, -0.2) is 58.8 Å². The van der Waals surface area contributed by atoms with Gasteiger partial charge in [0.1, 0.15) is 16.9 Å². The average Bonchev–Trinajstić information content (AvgIpc) is 2.88. The number of amides is 1. The number of hydrogen-bond donors (Lipinski definition) is 3. The average molecular weight is 623 g/mol. The molecular weight excluding hydrogens is 585 g/mol. The molecular formula is C29H37F3N6O4S. The number of benzene rings is 1. The van der Waals surface area contributed by atoms with E-state index in [1.807, 2.05) is 32.4 Å². The number of carbonyl (C=O) groups is 1. The lowest BCUT2D eigenvalue weighted by molar-refractivity contribution is 0.0189. The summed E-state index contributed by atoms with van der Waals surface area (Å²) in [5, 5.41) is 6.30. The molecule has 0 saturated heterocycles. The van der Waals surface area contributed by atoms with Crippen molar-refractivity contribution in [3.05, 3.63) is 41.8 Å². The van der Waals surface area contributed by atoms with Crippen molar-refractivity contribution >= 4 is 38.8 Å². The van der Waals surface area contributed by atoms with Crippen LogP contribution in [-0.2, 0) is 14.8 Å². The van der Waals surface area contributed by atoms with E-state index in [1.54, 1.807) is 12.3 Å². The monoisotopic (exact) mass is 622 g/mol. The Balaban J connectivity index is 1.40. The summed E-state index contributed by atoms with van der Waals surface area (Å²) < 4.78 is 72.6. The van der Waals surface area contributed by atoms with Crippen molar-refractivity contribution in [3.63, 3.8) is 0 Å². The van der Waals surface area contributed by atoms with Crippen LogP contribution in [0.1, 0.15) is 65.4 Å². The summed E-state index contributed by atoms with van der Waals surface area (Å²) in [6.07, 6.45) is 3.51. The molecule has 14 heteroatoms. The molecule has 1 aromatic carbocycles. The molecule has 2 aromatic heterocycles. The number of carbonyl (C=O) groups excluding carboxylic acids is 1. The molecule has 1 aliphatic rings. The van der Waals surface area contributed by atoms with Crippen LogP contribution < -0.4 is 15.4 Å². The lowest BCUT2D eigenvalue weighted by Gasteiger charge is -2.30. The van der Waals surface area contributed by atoms with Gasteiger partial charge < -0.3 is 15.4 Å². The maximum Gasteiger partial charge on any atom is 0.407 e. The number of anilines is 2. The number of hydrogen-bond acceptors (Lipinski definition) is 8. The SMILES string of the molecule is Cc1cc(-c2ccc(NS(=O)(=O)CCC(C)(F)F)c(F)c2)nc2cnc(N[C@H]3CC[C@H](NC(=O)OC(C)(C)C)CC3)nc12. The van der Waals surface area contributed by atoms with E-state index in [0.29, 0.717) is 35.2 Å². The number of sulfonamides is 1. The predicted molar refractivity (Wildman–Crippen MR) is 159 cm³/mol. The number of aromatic nitrogens is 3. The first-order valence-corrected chi connectivity index (χ1v) is 15.7. The Morgan fingerprint density at radius 2 is 1.72 bits per heavy atom. The molecule has 234 valence electrons. The normalized spacial score (nSPS) is 17.9. The van der Waals surface area contributed by atoms with E-state index in [4.69, 9.17) is 4.74 Å². The summed E-state index contributed by atoms with van der Waals surface area (Å²) in [6, 6.07) is 5.78. The van der Waals surface area contributed by atoms with Crippen molar-refractivity contribution in [2.24, 2.45) is 0 Å². The van der Waals surface area contributed by atoms with Gasteiger partial charge in [0, 0.05) is 24.1 Å².